The van der Waals surface area contributed by atoms with E-state index in [1.165, 1.54) is 5.56 Å². The molecule has 13 heavy (non-hydrogen) atoms. The van der Waals surface area contributed by atoms with Gasteiger partial charge in [-0.25, -0.2) is 0 Å². The molecule has 0 saturated heterocycles. The van der Waals surface area contributed by atoms with Gasteiger partial charge in [-0.3, -0.25) is 0 Å². The maximum atomic E-state index is 6.04. The minimum Gasteiger partial charge on any atom is -0.0840 e. The summed E-state index contributed by atoms with van der Waals surface area (Å²) in [5.74, 6) is 0.374. The van der Waals surface area contributed by atoms with Crippen molar-refractivity contribution in [2.75, 3.05) is 0 Å². The fourth-order valence-corrected chi connectivity index (χ4v) is 1.65. The van der Waals surface area contributed by atoms with E-state index in [0.29, 0.717) is 5.92 Å². The quantitative estimate of drug-likeness (QED) is 0.730. The van der Waals surface area contributed by atoms with Crippen LogP contribution in [0.4, 0.5) is 0 Å². The van der Waals surface area contributed by atoms with Crippen molar-refractivity contribution in [3.8, 4) is 0 Å². The predicted molar refractivity (Wildman–Crippen MR) is 52.5 cm³/mol. The Kier molecular flexibility index (Phi) is 4.15. The van der Waals surface area contributed by atoms with Gasteiger partial charge in [0.1, 0.15) is 0 Å². The van der Waals surface area contributed by atoms with Crippen molar-refractivity contribution >= 4 is 11.6 Å². The van der Waals surface area contributed by atoms with Gasteiger partial charge in [-0.2, -0.15) is 0 Å². The molecule has 1 aromatic carbocycles. The van der Waals surface area contributed by atoms with Gasteiger partial charge in [0.05, 0.1) is 0 Å². The summed E-state index contributed by atoms with van der Waals surface area (Å²) in [5, 5.41) is 0.846. The molecule has 1 aromatic rings. The molecule has 0 nitrogen and oxygen atoms in total. The fraction of sp³-hybridized carbons (Fsp3) is 0.0909. The van der Waals surface area contributed by atoms with Crippen LogP contribution >= 0.6 is 11.6 Å². The SMILES string of the molecule is Clc1ccccc1C1C=CC=C1.[Zr]. The van der Waals surface area contributed by atoms with E-state index in [-0.39, 0.29) is 26.2 Å². The Hall–Kier alpha value is -0.127. The van der Waals surface area contributed by atoms with Crippen LogP contribution in [0.15, 0.2) is 48.6 Å². The molecular weight excluding hydrogens is 259 g/mol. The molecule has 0 atom stereocenters. The first-order chi connectivity index (χ1) is 5.88. The first-order valence-electron chi connectivity index (χ1n) is 3.97. The second-order valence-corrected chi connectivity index (χ2v) is 3.22. The van der Waals surface area contributed by atoms with Crippen molar-refractivity contribution in [1.82, 2.24) is 0 Å². The summed E-state index contributed by atoms with van der Waals surface area (Å²) in [6.45, 7) is 0. The summed E-state index contributed by atoms with van der Waals surface area (Å²) in [4.78, 5) is 0. The minimum atomic E-state index is 0. The van der Waals surface area contributed by atoms with Crippen molar-refractivity contribution in [2.45, 2.75) is 5.92 Å². The van der Waals surface area contributed by atoms with Crippen molar-refractivity contribution in [3.05, 3.63) is 59.2 Å². The Balaban J connectivity index is 0.000000845. The number of benzene rings is 1. The Morgan fingerprint density at radius 2 is 1.62 bits per heavy atom. The summed E-state index contributed by atoms with van der Waals surface area (Å²) >= 11 is 6.04. The second-order valence-electron chi connectivity index (χ2n) is 2.82. The van der Waals surface area contributed by atoms with Gasteiger partial charge in [-0.15, -0.1) is 0 Å². The summed E-state index contributed by atoms with van der Waals surface area (Å²) in [5.41, 5.74) is 1.18. The molecule has 0 N–H and O–H groups in total. The smallest absolute Gasteiger partial charge is 0.0447 e. The number of rotatable bonds is 1. The summed E-state index contributed by atoms with van der Waals surface area (Å²) in [6, 6.07) is 7.96. The molecule has 0 aromatic heterocycles. The maximum absolute atomic E-state index is 6.04. The van der Waals surface area contributed by atoms with Gasteiger partial charge in [0.25, 0.3) is 0 Å². The van der Waals surface area contributed by atoms with E-state index < -0.39 is 0 Å². The van der Waals surface area contributed by atoms with Crippen LogP contribution in [0.2, 0.25) is 5.02 Å². The van der Waals surface area contributed by atoms with Crippen LogP contribution in [0, 0.1) is 0 Å². The molecule has 0 aliphatic heterocycles. The molecule has 0 spiro atoms. The molecular formula is C11H9ClZr. The molecule has 0 saturated carbocycles. The van der Waals surface area contributed by atoms with E-state index in [0.717, 1.165) is 5.02 Å². The van der Waals surface area contributed by atoms with Crippen LogP contribution in [0.5, 0.6) is 0 Å². The zero-order valence-corrected chi connectivity index (χ0v) is 10.3. The van der Waals surface area contributed by atoms with Crippen LogP contribution in [0.1, 0.15) is 11.5 Å². The molecule has 2 heteroatoms. The molecule has 0 radical (unpaired) electrons. The summed E-state index contributed by atoms with van der Waals surface area (Å²) in [7, 11) is 0. The Bertz CT molecular complexity index is 330. The standard InChI is InChI=1S/C11H9Cl.Zr/c12-11-8-4-3-7-10(11)9-5-1-2-6-9;/h1-9H;. The normalized spacial score (nSPS) is 14.5. The molecule has 1 aliphatic carbocycles. The van der Waals surface area contributed by atoms with Gasteiger partial charge >= 0.3 is 0 Å². The van der Waals surface area contributed by atoms with Gasteiger partial charge in [0, 0.05) is 37.1 Å². The van der Waals surface area contributed by atoms with Crippen LogP contribution in [-0.4, -0.2) is 0 Å². The Morgan fingerprint density at radius 3 is 2.23 bits per heavy atom. The van der Waals surface area contributed by atoms with Gasteiger partial charge < -0.3 is 0 Å². The third-order valence-corrected chi connectivity index (χ3v) is 2.36. The van der Waals surface area contributed by atoms with Crippen LogP contribution in [-0.2, 0) is 26.2 Å². The van der Waals surface area contributed by atoms with Crippen molar-refractivity contribution < 1.29 is 26.2 Å². The number of allylic oxidation sites excluding steroid dienone is 4. The molecule has 0 bridgehead atoms. The Labute approximate surface area is 102 Å². The number of hydrogen-bond acceptors (Lipinski definition) is 0. The molecule has 0 unspecified atom stereocenters. The van der Waals surface area contributed by atoms with Gasteiger partial charge in [0.2, 0.25) is 0 Å². The third-order valence-electron chi connectivity index (χ3n) is 2.01. The largest absolute Gasteiger partial charge is 0.0840 e. The van der Waals surface area contributed by atoms with Crippen LogP contribution in [0.25, 0.3) is 0 Å². The Morgan fingerprint density at radius 1 is 1.00 bits per heavy atom. The molecule has 64 valence electrons. The zero-order chi connectivity index (χ0) is 8.39. The van der Waals surface area contributed by atoms with Crippen molar-refractivity contribution in [1.29, 1.82) is 0 Å². The van der Waals surface area contributed by atoms with Crippen LogP contribution < -0.4 is 0 Å². The summed E-state index contributed by atoms with van der Waals surface area (Å²) in [6.07, 6.45) is 8.38. The minimum absolute atomic E-state index is 0. The topological polar surface area (TPSA) is 0 Å². The van der Waals surface area contributed by atoms with Gasteiger partial charge in [0.15, 0.2) is 0 Å². The zero-order valence-electron chi connectivity index (χ0n) is 7.07. The summed E-state index contributed by atoms with van der Waals surface area (Å²) < 4.78 is 0. The predicted octanol–water partition coefficient (Wildman–Crippen LogP) is 3.55. The van der Waals surface area contributed by atoms with Crippen LogP contribution in [0.3, 0.4) is 0 Å². The first-order valence-corrected chi connectivity index (χ1v) is 4.35. The van der Waals surface area contributed by atoms with E-state index in [1.807, 2.05) is 30.4 Å². The van der Waals surface area contributed by atoms with Crippen molar-refractivity contribution in [2.24, 2.45) is 0 Å². The number of hydrogen-bond donors (Lipinski definition) is 0. The molecule has 0 fully saturated rings. The molecule has 0 heterocycles. The monoisotopic (exact) mass is 266 g/mol. The molecule has 0 amide bonds. The fourth-order valence-electron chi connectivity index (χ4n) is 1.38. The number of halogens is 1. The molecule has 2 rings (SSSR count). The van der Waals surface area contributed by atoms with E-state index in [2.05, 4.69) is 18.2 Å². The average molecular weight is 268 g/mol. The third kappa shape index (κ3) is 2.42. The average Bonchev–Trinajstić information content (AvgIpc) is 2.57. The first kappa shape index (κ1) is 11.0. The van der Waals surface area contributed by atoms with E-state index in [9.17, 15) is 0 Å². The second kappa shape index (κ2) is 4.93. The van der Waals surface area contributed by atoms with Gasteiger partial charge in [-0.05, 0) is 11.6 Å². The van der Waals surface area contributed by atoms with Gasteiger partial charge in [-0.1, -0.05) is 54.1 Å². The molecule has 1 aliphatic rings. The maximum Gasteiger partial charge on any atom is 0.0447 e. The van der Waals surface area contributed by atoms with E-state index >= 15 is 0 Å². The van der Waals surface area contributed by atoms with E-state index in [4.69, 9.17) is 11.6 Å². The van der Waals surface area contributed by atoms with E-state index in [1.54, 1.807) is 0 Å². The van der Waals surface area contributed by atoms with Crippen molar-refractivity contribution in [3.63, 3.8) is 0 Å².